The largest absolute Gasteiger partial charge is 0.507 e. The van der Waals surface area contributed by atoms with E-state index in [0.29, 0.717) is 5.39 Å². The molecule has 0 bridgehead atoms. The first kappa shape index (κ1) is 24.7. The highest BCUT2D eigenvalue weighted by molar-refractivity contribution is 6.16. The second-order valence-corrected chi connectivity index (χ2v) is 7.66. The summed E-state index contributed by atoms with van der Waals surface area (Å²) in [6.07, 6.45) is 0. The second kappa shape index (κ2) is 9.65. The van der Waals surface area contributed by atoms with Crippen molar-refractivity contribution < 1.29 is 34.0 Å². The molecule has 4 aromatic rings. The van der Waals surface area contributed by atoms with E-state index in [1.165, 1.54) is 38.1 Å². The average Bonchev–Trinajstić information content (AvgIpc) is 2.83. The Hall–Kier alpha value is -5.46. The van der Waals surface area contributed by atoms with E-state index in [2.05, 4.69) is 10.2 Å². The van der Waals surface area contributed by atoms with Gasteiger partial charge < -0.3 is 14.6 Å². The predicted molar refractivity (Wildman–Crippen MR) is 130 cm³/mol. The van der Waals surface area contributed by atoms with Crippen molar-refractivity contribution in [2.45, 2.75) is 13.8 Å². The molecule has 0 fully saturated rings. The molecule has 13 heteroatoms. The van der Waals surface area contributed by atoms with Crippen LogP contribution in [0.4, 0.5) is 22.7 Å². The van der Waals surface area contributed by atoms with Crippen LogP contribution in [0.3, 0.4) is 0 Å². The molecule has 0 unspecified atom stereocenters. The number of rotatable bonds is 6. The zero-order valence-electron chi connectivity index (χ0n) is 19.2. The van der Waals surface area contributed by atoms with Crippen LogP contribution in [0.15, 0.2) is 64.8 Å². The van der Waals surface area contributed by atoms with Crippen molar-refractivity contribution in [1.29, 1.82) is 0 Å². The van der Waals surface area contributed by atoms with E-state index >= 15 is 0 Å². The van der Waals surface area contributed by atoms with Gasteiger partial charge in [0.1, 0.15) is 22.9 Å². The Balaban J connectivity index is 2.02. The molecule has 13 nitrogen and oxygen atoms in total. The number of azo groups is 1. The molecule has 0 aliphatic rings. The molecule has 0 atom stereocenters. The molecule has 0 amide bonds. The molecule has 0 spiro atoms. The summed E-state index contributed by atoms with van der Waals surface area (Å²) in [5.74, 6) is -1.40. The van der Waals surface area contributed by atoms with Gasteiger partial charge in [-0.3, -0.25) is 29.8 Å². The fourth-order valence-corrected chi connectivity index (χ4v) is 3.72. The first-order chi connectivity index (χ1) is 17.6. The SMILES string of the molecule is CC(=O)Oc1ccc2c(N=Nc3ccc([N+](=O)[O-])cc3[N+](=O)[O-])c3cccc(OC(C)=O)c3c(O)c2c1. The normalized spacial score (nSPS) is 11.1. The highest BCUT2D eigenvalue weighted by Gasteiger charge is 2.21. The number of nitro groups is 2. The summed E-state index contributed by atoms with van der Waals surface area (Å²) < 4.78 is 10.4. The topological polar surface area (TPSA) is 184 Å². The van der Waals surface area contributed by atoms with Gasteiger partial charge in [-0.2, -0.15) is 0 Å². The second-order valence-electron chi connectivity index (χ2n) is 7.66. The minimum Gasteiger partial charge on any atom is -0.507 e. The lowest BCUT2D eigenvalue weighted by molar-refractivity contribution is -0.393. The molecular weight excluding hydrogens is 488 g/mol. The van der Waals surface area contributed by atoms with E-state index in [1.54, 1.807) is 12.1 Å². The Kier molecular flexibility index (Phi) is 6.43. The predicted octanol–water partition coefficient (Wildman–Crippen LogP) is 5.78. The maximum atomic E-state index is 11.7. The fourth-order valence-electron chi connectivity index (χ4n) is 3.72. The van der Waals surface area contributed by atoms with E-state index in [9.17, 15) is 34.9 Å². The van der Waals surface area contributed by atoms with E-state index in [0.717, 1.165) is 18.2 Å². The lowest BCUT2D eigenvalue weighted by Gasteiger charge is -2.14. The molecule has 4 aromatic carbocycles. The Labute approximate surface area is 206 Å². The molecular formula is C24H16N4O9. The molecule has 186 valence electrons. The average molecular weight is 504 g/mol. The zero-order valence-corrected chi connectivity index (χ0v) is 19.2. The van der Waals surface area contributed by atoms with Gasteiger partial charge in [0.05, 0.1) is 21.3 Å². The van der Waals surface area contributed by atoms with Crippen molar-refractivity contribution in [2.75, 3.05) is 0 Å². The van der Waals surface area contributed by atoms with Crippen molar-refractivity contribution in [3.8, 4) is 17.2 Å². The van der Waals surface area contributed by atoms with Crippen LogP contribution in [0.2, 0.25) is 0 Å². The number of nitrogens with zero attached hydrogens (tertiary/aromatic N) is 4. The molecule has 0 aliphatic carbocycles. The summed E-state index contributed by atoms with van der Waals surface area (Å²) in [7, 11) is 0. The number of ether oxygens (including phenoxy) is 2. The number of hydrogen-bond donors (Lipinski definition) is 1. The van der Waals surface area contributed by atoms with Crippen molar-refractivity contribution in [1.82, 2.24) is 0 Å². The third kappa shape index (κ3) is 4.86. The summed E-state index contributed by atoms with van der Waals surface area (Å²) in [6, 6.07) is 11.8. The zero-order chi connectivity index (χ0) is 26.9. The summed E-state index contributed by atoms with van der Waals surface area (Å²) in [5, 5.41) is 42.7. The Bertz CT molecular complexity index is 1660. The number of phenolic OH excluding ortho intramolecular Hbond substituents is 1. The van der Waals surface area contributed by atoms with Crippen LogP contribution in [0.5, 0.6) is 17.2 Å². The Morgan fingerprint density at radius 2 is 1.57 bits per heavy atom. The Morgan fingerprint density at radius 3 is 2.22 bits per heavy atom. The third-order valence-corrected chi connectivity index (χ3v) is 5.16. The number of carbonyl (C=O) groups is 2. The van der Waals surface area contributed by atoms with Crippen LogP contribution in [-0.4, -0.2) is 26.9 Å². The van der Waals surface area contributed by atoms with Crippen LogP contribution in [0, 0.1) is 20.2 Å². The summed E-state index contributed by atoms with van der Waals surface area (Å²) in [5.41, 5.74) is -1.24. The quantitative estimate of drug-likeness (QED) is 0.0848. The van der Waals surface area contributed by atoms with Gasteiger partial charge in [0.25, 0.3) is 5.69 Å². The van der Waals surface area contributed by atoms with E-state index in [1.807, 2.05) is 0 Å². The van der Waals surface area contributed by atoms with Gasteiger partial charge >= 0.3 is 17.6 Å². The lowest BCUT2D eigenvalue weighted by Crippen LogP contribution is -2.02. The van der Waals surface area contributed by atoms with Crippen molar-refractivity contribution in [3.63, 3.8) is 0 Å². The number of hydrogen-bond acceptors (Lipinski definition) is 11. The number of benzene rings is 4. The molecule has 0 heterocycles. The van der Waals surface area contributed by atoms with Crippen molar-refractivity contribution >= 4 is 56.2 Å². The van der Waals surface area contributed by atoms with Gasteiger partial charge in [-0.05, 0) is 30.3 Å². The van der Waals surface area contributed by atoms with Crippen LogP contribution in [0.1, 0.15) is 13.8 Å². The molecule has 1 N–H and O–H groups in total. The van der Waals surface area contributed by atoms with Gasteiger partial charge in [-0.1, -0.05) is 12.1 Å². The first-order valence-electron chi connectivity index (χ1n) is 10.5. The molecule has 0 radical (unpaired) electrons. The molecule has 0 aliphatic heterocycles. The molecule has 37 heavy (non-hydrogen) atoms. The van der Waals surface area contributed by atoms with Crippen molar-refractivity contribution in [2.24, 2.45) is 10.2 Å². The summed E-state index contributed by atoms with van der Waals surface area (Å²) in [4.78, 5) is 44.0. The number of esters is 2. The molecule has 0 aromatic heterocycles. The van der Waals surface area contributed by atoms with Gasteiger partial charge in [0.15, 0.2) is 5.69 Å². The monoisotopic (exact) mass is 504 g/mol. The highest BCUT2D eigenvalue weighted by Crippen LogP contribution is 2.47. The molecule has 0 saturated heterocycles. The smallest absolute Gasteiger partial charge is 0.308 e. The highest BCUT2D eigenvalue weighted by atomic mass is 16.6. The first-order valence-corrected chi connectivity index (χ1v) is 10.5. The minimum atomic E-state index is -0.821. The molecule has 4 rings (SSSR count). The maximum Gasteiger partial charge on any atom is 0.308 e. The van der Waals surface area contributed by atoms with Gasteiger partial charge in [0.2, 0.25) is 0 Å². The standard InChI is InChI=1S/C24H16N4O9/c1-12(29)36-15-7-8-16-18(11-15)24(31)22-17(4-3-5-21(22)37-13(2)30)23(16)26-25-19-9-6-14(27(32)33)10-20(19)28(34)35/h3-11,31H,1-2H3. The van der Waals surface area contributed by atoms with E-state index in [4.69, 9.17) is 9.47 Å². The number of nitro benzene ring substituents is 2. The Morgan fingerprint density at radius 1 is 0.838 bits per heavy atom. The van der Waals surface area contributed by atoms with Crippen LogP contribution >= 0.6 is 0 Å². The van der Waals surface area contributed by atoms with E-state index < -0.39 is 33.2 Å². The van der Waals surface area contributed by atoms with Gasteiger partial charge in [0, 0.05) is 36.1 Å². The van der Waals surface area contributed by atoms with Crippen molar-refractivity contribution in [3.05, 3.63) is 74.8 Å². The summed E-state index contributed by atoms with van der Waals surface area (Å²) in [6.45, 7) is 2.39. The van der Waals surface area contributed by atoms with Crippen LogP contribution in [0.25, 0.3) is 21.5 Å². The molecule has 0 saturated carbocycles. The van der Waals surface area contributed by atoms with Crippen LogP contribution in [-0.2, 0) is 9.59 Å². The third-order valence-electron chi connectivity index (χ3n) is 5.16. The van der Waals surface area contributed by atoms with Gasteiger partial charge in [-0.25, -0.2) is 0 Å². The minimum absolute atomic E-state index is 0.0139. The number of fused-ring (bicyclic) bond motifs is 2. The number of aromatic hydroxyl groups is 1. The van der Waals surface area contributed by atoms with Gasteiger partial charge in [-0.15, -0.1) is 10.2 Å². The number of carbonyl (C=O) groups excluding carboxylic acids is 2. The van der Waals surface area contributed by atoms with Crippen LogP contribution < -0.4 is 9.47 Å². The number of phenols is 1. The fraction of sp³-hybridized carbons (Fsp3) is 0.0833. The lowest BCUT2D eigenvalue weighted by atomic mass is 9.99. The summed E-state index contributed by atoms with van der Waals surface area (Å²) >= 11 is 0. The number of non-ortho nitro benzene ring substituents is 1. The van der Waals surface area contributed by atoms with E-state index in [-0.39, 0.29) is 44.8 Å². The maximum absolute atomic E-state index is 11.7.